The van der Waals surface area contributed by atoms with Crippen molar-refractivity contribution >= 4 is 11.8 Å². The Hall–Kier alpha value is -3.68. The second-order valence-corrected chi connectivity index (χ2v) is 6.69. The van der Waals surface area contributed by atoms with Crippen molar-refractivity contribution in [2.75, 3.05) is 0 Å². The number of hydrazine groups is 1. The van der Waals surface area contributed by atoms with Crippen molar-refractivity contribution in [1.82, 2.24) is 25.6 Å². The summed E-state index contributed by atoms with van der Waals surface area (Å²) in [6.45, 7) is 6.10. The van der Waals surface area contributed by atoms with Crippen molar-refractivity contribution in [2.24, 2.45) is 0 Å². The molecule has 0 aliphatic rings. The first kappa shape index (κ1) is 20.1. The van der Waals surface area contributed by atoms with Crippen molar-refractivity contribution in [3.63, 3.8) is 0 Å². The van der Waals surface area contributed by atoms with Gasteiger partial charge >= 0.3 is 0 Å². The van der Waals surface area contributed by atoms with Crippen LogP contribution in [0, 0.1) is 13.8 Å². The highest BCUT2D eigenvalue weighted by atomic mass is 16.5. The van der Waals surface area contributed by atoms with E-state index in [-0.39, 0.29) is 0 Å². The predicted molar refractivity (Wildman–Crippen MR) is 107 cm³/mol. The van der Waals surface area contributed by atoms with Gasteiger partial charge in [0.05, 0.1) is 6.54 Å². The van der Waals surface area contributed by atoms with Crippen molar-refractivity contribution in [2.45, 2.75) is 33.4 Å². The molecule has 3 rings (SSSR count). The molecule has 0 radical (unpaired) electrons. The SMILES string of the molecule is Cc1cccc(O[C@@H](C)C(=O)NNC(=O)c2ccc(Cn3cncn3)cc2)c1C. The molecule has 0 saturated heterocycles. The third-order valence-corrected chi connectivity index (χ3v) is 4.55. The molecule has 0 aliphatic heterocycles. The number of hydrogen-bond donors (Lipinski definition) is 2. The second kappa shape index (κ2) is 9.01. The summed E-state index contributed by atoms with van der Waals surface area (Å²) in [6, 6.07) is 12.7. The molecule has 0 fully saturated rings. The number of amides is 2. The van der Waals surface area contributed by atoms with Gasteiger partial charge in [0, 0.05) is 5.56 Å². The lowest BCUT2D eigenvalue weighted by Crippen LogP contribution is -2.47. The van der Waals surface area contributed by atoms with E-state index in [4.69, 9.17) is 4.74 Å². The van der Waals surface area contributed by atoms with Crippen molar-refractivity contribution in [1.29, 1.82) is 0 Å². The van der Waals surface area contributed by atoms with Crippen LogP contribution in [-0.2, 0) is 11.3 Å². The number of ether oxygens (including phenoxy) is 1. The fourth-order valence-electron chi connectivity index (χ4n) is 2.65. The van der Waals surface area contributed by atoms with Gasteiger partial charge in [-0.25, -0.2) is 9.67 Å². The summed E-state index contributed by atoms with van der Waals surface area (Å²) < 4.78 is 7.40. The van der Waals surface area contributed by atoms with E-state index in [1.54, 1.807) is 30.1 Å². The summed E-state index contributed by atoms with van der Waals surface area (Å²) in [7, 11) is 0. The van der Waals surface area contributed by atoms with Gasteiger partial charge in [0.1, 0.15) is 18.4 Å². The lowest BCUT2D eigenvalue weighted by Gasteiger charge is -2.17. The average Bonchev–Trinajstić information content (AvgIpc) is 3.23. The number of carbonyl (C=O) groups is 2. The maximum atomic E-state index is 12.3. The van der Waals surface area contributed by atoms with E-state index in [0.29, 0.717) is 17.9 Å². The third-order valence-electron chi connectivity index (χ3n) is 4.55. The molecular weight excluding hydrogens is 370 g/mol. The van der Waals surface area contributed by atoms with Crippen LogP contribution < -0.4 is 15.6 Å². The summed E-state index contributed by atoms with van der Waals surface area (Å²) in [5, 5.41) is 4.04. The average molecular weight is 393 g/mol. The fourth-order valence-corrected chi connectivity index (χ4v) is 2.65. The summed E-state index contributed by atoms with van der Waals surface area (Å²) >= 11 is 0. The zero-order valence-electron chi connectivity index (χ0n) is 16.5. The number of rotatable bonds is 6. The number of carbonyl (C=O) groups excluding carboxylic acids is 2. The van der Waals surface area contributed by atoms with Crippen LogP contribution in [0.2, 0.25) is 0 Å². The highest BCUT2D eigenvalue weighted by Crippen LogP contribution is 2.21. The normalized spacial score (nSPS) is 11.6. The van der Waals surface area contributed by atoms with Crippen LogP contribution in [0.3, 0.4) is 0 Å². The summed E-state index contributed by atoms with van der Waals surface area (Å²) in [5.41, 5.74) is 8.27. The Morgan fingerprint density at radius 3 is 2.55 bits per heavy atom. The van der Waals surface area contributed by atoms with E-state index >= 15 is 0 Å². The fraction of sp³-hybridized carbons (Fsp3) is 0.238. The predicted octanol–water partition coefficient (Wildman–Crippen LogP) is 2.17. The van der Waals surface area contributed by atoms with Gasteiger partial charge in [-0.2, -0.15) is 5.10 Å². The molecule has 1 aromatic heterocycles. The van der Waals surface area contributed by atoms with Gasteiger partial charge in [-0.05, 0) is 55.7 Å². The minimum absolute atomic E-state index is 0.412. The summed E-state index contributed by atoms with van der Waals surface area (Å²) in [6.07, 6.45) is 2.33. The van der Waals surface area contributed by atoms with Crippen molar-refractivity contribution < 1.29 is 14.3 Å². The van der Waals surface area contributed by atoms with E-state index in [9.17, 15) is 9.59 Å². The van der Waals surface area contributed by atoms with Gasteiger partial charge in [0.15, 0.2) is 6.10 Å². The monoisotopic (exact) mass is 393 g/mol. The molecule has 1 atom stereocenters. The van der Waals surface area contributed by atoms with Crippen molar-refractivity contribution in [3.05, 3.63) is 77.4 Å². The van der Waals surface area contributed by atoms with Gasteiger partial charge < -0.3 is 4.74 Å². The molecule has 0 unspecified atom stereocenters. The highest BCUT2D eigenvalue weighted by Gasteiger charge is 2.17. The molecule has 1 heterocycles. The molecule has 0 aliphatic carbocycles. The van der Waals surface area contributed by atoms with E-state index in [1.165, 1.54) is 6.33 Å². The first-order valence-electron chi connectivity index (χ1n) is 9.18. The largest absolute Gasteiger partial charge is 0.481 e. The van der Waals surface area contributed by atoms with Crippen LogP contribution in [0.1, 0.15) is 34.0 Å². The smallest absolute Gasteiger partial charge is 0.279 e. The topological polar surface area (TPSA) is 98.1 Å². The number of nitrogens with one attached hydrogen (secondary N) is 2. The lowest BCUT2D eigenvalue weighted by molar-refractivity contribution is -0.128. The van der Waals surface area contributed by atoms with Gasteiger partial charge in [-0.1, -0.05) is 24.3 Å². The number of aryl methyl sites for hydroxylation is 1. The lowest BCUT2D eigenvalue weighted by atomic mass is 10.1. The summed E-state index contributed by atoms with van der Waals surface area (Å²) in [5.74, 6) is -0.214. The third kappa shape index (κ3) is 5.19. The molecule has 2 amide bonds. The van der Waals surface area contributed by atoms with Gasteiger partial charge in [-0.15, -0.1) is 0 Å². The highest BCUT2D eigenvalue weighted by molar-refractivity contribution is 5.95. The quantitative estimate of drug-likeness (QED) is 0.626. The number of nitrogens with zero attached hydrogens (tertiary/aromatic N) is 3. The molecule has 150 valence electrons. The molecule has 8 heteroatoms. The Kier molecular flexibility index (Phi) is 6.23. The molecule has 29 heavy (non-hydrogen) atoms. The van der Waals surface area contributed by atoms with Crippen LogP contribution in [0.5, 0.6) is 5.75 Å². The Bertz CT molecular complexity index is 984. The Morgan fingerprint density at radius 1 is 1.10 bits per heavy atom. The maximum Gasteiger partial charge on any atom is 0.279 e. The van der Waals surface area contributed by atoms with Gasteiger partial charge in [0.25, 0.3) is 11.8 Å². The summed E-state index contributed by atoms with van der Waals surface area (Å²) in [4.78, 5) is 28.4. The van der Waals surface area contributed by atoms with E-state index in [2.05, 4.69) is 20.9 Å². The standard InChI is InChI=1S/C21H23N5O3/c1-14-5-4-6-19(15(14)2)29-16(3)20(27)24-25-21(28)18-9-7-17(8-10-18)11-26-13-22-12-23-26/h4-10,12-13,16H,11H2,1-3H3,(H,24,27)(H,25,28)/t16-/m0/s1. The molecule has 3 aromatic rings. The molecule has 8 nitrogen and oxygen atoms in total. The Labute approximate surface area is 168 Å². The van der Waals surface area contributed by atoms with Crippen LogP contribution >= 0.6 is 0 Å². The first-order valence-corrected chi connectivity index (χ1v) is 9.18. The van der Waals surface area contributed by atoms with Gasteiger partial charge in [-0.3, -0.25) is 20.4 Å². The molecule has 2 N–H and O–H groups in total. The molecule has 0 saturated carbocycles. The maximum absolute atomic E-state index is 12.3. The second-order valence-electron chi connectivity index (χ2n) is 6.69. The van der Waals surface area contributed by atoms with Crippen LogP contribution in [0.4, 0.5) is 0 Å². The molecule has 2 aromatic carbocycles. The number of benzene rings is 2. The van der Waals surface area contributed by atoms with Gasteiger partial charge in [0.2, 0.25) is 0 Å². The van der Waals surface area contributed by atoms with Crippen LogP contribution in [0.15, 0.2) is 55.1 Å². The first-order chi connectivity index (χ1) is 13.9. The zero-order valence-corrected chi connectivity index (χ0v) is 16.5. The molecule has 0 bridgehead atoms. The molecular formula is C21H23N5O3. The molecule has 0 spiro atoms. The minimum atomic E-state index is -0.763. The van der Waals surface area contributed by atoms with Crippen LogP contribution in [-0.4, -0.2) is 32.7 Å². The van der Waals surface area contributed by atoms with E-state index in [0.717, 1.165) is 16.7 Å². The van der Waals surface area contributed by atoms with Crippen LogP contribution in [0.25, 0.3) is 0 Å². The Balaban J connectivity index is 1.51. The zero-order chi connectivity index (χ0) is 20.8. The van der Waals surface area contributed by atoms with Crippen molar-refractivity contribution in [3.8, 4) is 5.75 Å². The minimum Gasteiger partial charge on any atom is -0.481 e. The van der Waals surface area contributed by atoms with E-state index in [1.807, 2.05) is 44.2 Å². The van der Waals surface area contributed by atoms with E-state index < -0.39 is 17.9 Å². The Morgan fingerprint density at radius 2 is 1.86 bits per heavy atom. The number of aromatic nitrogens is 3. The number of hydrogen-bond acceptors (Lipinski definition) is 5.